The highest BCUT2D eigenvalue weighted by atomic mass is 16.5. The minimum atomic E-state index is -0.468. The SMILES string of the molecule is Cc1ccc(NC(=O)OCC(C)C)c(N)c1. The number of hydrogen-bond acceptors (Lipinski definition) is 3. The summed E-state index contributed by atoms with van der Waals surface area (Å²) in [5.74, 6) is 0.320. The number of anilines is 2. The zero-order chi connectivity index (χ0) is 12.1. The maximum atomic E-state index is 11.4. The Morgan fingerprint density at radius 3 is 2.75 bits per heavy atom. The molecule has 0 heterocycles. The molecule has 3 N–H and O–H groups in total. The fourth-order valence-corrected chi connectivity index (χ4v) is 1.18. The van der Waals surface area contributed by atoms with Crippen LogP contribution in [0.3, 0.4) is 0 Å². The fraction of sp³-hybridized carbons (Fsp3) is 0.417. The average Bonchev–Trinajstić information content (AvgIpc) is 2.19. The molecule has 0 saturated carbocycles. The maximum Gasteiger partial charge on any atom is 0.411 e. The lowest BCUT2D eigenvalue weighted by molar-refractivity contribution is 0.147. The molecule has 0 bridgehead atoms. The Balaban J connectivity index is 2.56. The number of nitrogens with two attached hydrogens (primary N) is 1. The first-order valence-electron chi connectivity index (χ1n) is 5.29. The van der Waals surface area contributed by atoms with E-state index in [4.69, 9.17) is 10.5 Å². The molecule has 0 aromatic heterocycles. The Kier molecular flexibility index (Phi) is 4.17. The third kappa shape index (κ3) is 3.81. The van der Waals surface area contributed by atoms with Gasteiger partial charge in [-0.05, 0) is 30.5 Å². The summed E-state index contributed by atoms with van der Waals surface area (Å²) >= 11 is 0. The van der Waals surface area contributed by atoms with Gasteiger partial charge < -0.3 is 10.5 Å². The van der Waals surface area contributed by atoms with Crippen LogP contribution < -0.4 is 11.1 Å². The number of ether oxygens (including phenoxy) is 1. The van der Waals surface area contributed by atoms with Gasteiger partial charge in [0.1, 0.15) is 0 Å². The van der Waals surface area contributed by atoms with Crippen LogP contribution in [0.5, 0.6) is 0 Å². The number of aryl methyl sites for hydroxylation is 1. The molecule has 0 aliphatic heterocycles. The van der Waals surface area contributed by atoms with Gasteiger partial charge in [-0.15, -0.1) is 0 Å². The van der Waals surface area contributed by atoms with Crippen LogP contribution in [-0.2, 0) is 4.74 Å². The highest BCUT2D eigenvalue weighted by molar-refractivity contribution is 5.88. The molecule has 88 valence electrons. The quantitative estimate of drug-likeness (QED) is 0.773. The molecule has 0 atom stereocenters. The van der Waals surface area contributed by atoms with Crippen molar-refractivity contribution in [2.45, 2.75) is 20.8 Å². The predicted molar refractivity (Wildman–Crippen MR) is 65.4 cm³/mol. The molecular weight excluding hydrogens is 204 g/mol. The minimum Gasteiger partial charge on any atom is -0.449 e. The monoisotopic (exact) mass is 222 g/mol. The third-order valence-electron chi connectivity index (χ3n) is 1.99. The molecule has 0 spiro atoms. The first-order valence-corrected chi connectivity index (χ1v) is 5.29. The Morgan fingerprint density at radius 1 is 1.50 bits per heavy atom. The van der Waals surface area contributed by atoms with Gasteiger partial charge in [-0.25, -0.2) is 4.79 Å². The minimum absolute atomic E-state index is 0.320. The van der Waals surface area contributed by atoms with Crippen molar-refractivity contribution in [2.24, 2.45) is 5.92 Å². The van der Waals surface area contributed by atoms with Crippen molar-refractivity contribution < 1.29 is 9.53 Å². The second-order valence-electron chi connectivity index (χ2n) is 4.21. The fourth-order valence-electron chi connectivity index (χ4n) is 1.18. The lowest BCUT2D eigenvalue weighted by atomic mass is 10.2. The first kappa shape index (κ1) is 12.4. The second kappa shape index (κ2) is 5.39. The Labute approximate surface area is 95.8 Å². The number of carbonyl (C=O) groups excluding carboxylic acids is 1. The third-order valence-corrected chi connectivity index (χ3v) is 1.99. The van der Waals surface area contributed by atoms with E-state index < -0.39 is 6.09 Å². The molecule has 1 aromatic carbocycles. The molecule has 0 saturated heterocycles. The zero-order valence-electron chi connectivity index (χ0n) is 9.91. The summed E-state index contributed by atoms with van der Waals surface area (Å²) < 4.78 is 4.99. The molecule has 0 unspecified atom stereocenters. The van der Waals surface area contributed by atoms with E-state index in [0.717, 1.165) is 5.56 Å². The van der Waals surface area contributed by atoms with Gasteiger partial charge in [0.05, 0.1) is 18.0 Å². The first-order chi connectivity index (χ1) is 7.49. The van der Waals surface area contributed by atoms with E-state index in [1.165, 1.54) is 0 Å². The van der Waals surface area contributed by atoms with Gasteiger partial charge in [-0.1, -0.05) is 19.9 Å². The number of rotatable bonds is 3. The largest absolute Gasteiger partial charge is 0.449 e. The zero-order valence-corrected chi connectivity index (χ0v) is 9.91. The van der Waals surface area contributed by atoms with E-state index in [1.54, 1.807) is 12.1 Å². The van der Waals surface area contributed by atoms with Gasteiger partial charge in [-0.2, -0.15) is 0 Å². The number of carbonyl (C=O) groups is 1. The molecule has 1 amide bonds. The maximum absolute atomic E-state index is 11.4. The van der Waals surface area contributed by atoms with E-state index in [0.29, 0.717) is 23.9 Å². The number of amides is 1. The summed E-state index contributed by atoms with van der Waals surface area (Å²) in [6.45, 7) is 6.30. The van der Waals surface area contributed by atoms with Gasteiger partial charge in [0.2, 0.25) is 0 Å². The average molecular weight is 222 g/mol. The van der Waals surface area contributed by atoms with Crippen LogP contribution in [0.2, 0.25) is 0 Å². The summed E-state index contributed by atoms with van der Waals surface area (Å²) in [5, 5.41) is 2.61. The highest BCUT2D eigenvalue weighted by Gasteiger charge is 2.06. The molecule has 4 nitrogen and oxygen atoms in total. The van der Waals surface area contributed by atoms with Gasteiger partial charge >= 0.3 is 6.09 Å². The lowest BCUT2D eigenvalue weighted by Gasteiger charge is -2.10. The summed E-state index contributed by atoms with van der Waals surface area (Å²) in [6, 6.07) is 5.45. The van der Waals surface area contributed by atoms with E-state index in [2.05, 4.69) is 5.32 Å². The van der Waals surface area contributed by atoms with E-state index in [1.807, 2.05) is 26.8 Å². The van der Waals surface area contributed by atoms with Gasteiger partial charge in [0.25, 0.3) is 0 Å². The number of benzene rings is 1. The van der Waals surface area contributed by atoms with Crippen LogP contribution >= 0.6 is 0 Å². The van der Waals surface area contributed by atoms with E-state index in [-0.39, 0.29) is 0 Å². The van der Waals surface area contributed by atoms with Crippen molar-refractivity contribution >= 4 is 17.5 Å². The molecule has 0 fully saturated rings. The van der Waals surface area contributed by atoms with Crippen molar-refractivity contribution in [2.75, 3.05) is 17.7 Å². The van der Waals surface area contributed by atoms with Crippen molar-refractivity contribution in [1.82, 2.24) is 0 Å². The second-order valence-corrected chi connectivity index (χ2v) is 4.21. The van der Waals surface area contributed by atoms with Crippen molar-refractivity contribution in [3.63, 3.8) is 0 Å². The van der Waals surface area contributed by atoms with Crippen molar-refractivity contribution in [3.8, 4) is 0 Å². The summed E-state index contributed by atoms with van der Waals surface area (Å²) in [4.78, 5) is 11.4. The van der Waals surface area contributed by atoms with Crippen LogP contribution in [0.15, 0.2) is 18.2 Å². The molecule has 1 aromatic rings. The Bertz CT molecular complexity index is 375. The Hall–Kier alpha value is -1.71. The molecule has 1 rings (SSSR count). The predicted octanol–water partition coefficient (Wildman–Crippen LogP) is 2.78. The van der Waals surface area contributed by atoms with Gasteiger partial charge in [0, 0.05) is 0 Å². The van der Waals surface area contributed by atoms with Gasteiger partial charge in [0.15, 0.2) is 0 Å². The van der Waals surface area contributed by atoms with Crippen LogP contribution in [0.25, 0.3) is 0 Å². The summed E-state index contributed by atoms with van der Waals surface area (Å²) in [6.07, 6.45) is -0.468. The van der Waals surface area contributed by atoms with Gasteiger partial charge in [-0.3, -0.25) is 5.32 Å². The lowest BCUT2D eigenvalue weighted by Crippen LogP contribution is -2.17. The molecule has 0 aliphatic rings. The smallest absolute Gasteiger partial charge is 0.411 e. The van der Waals surface area contributed by atoms with Crippen molar-refractivity contribution in [3.05, 3.63) is 23.8 Å². The van der Waals surface area contributed by atoms with Crippen LogP contribution in [0, 0.1) is 12.8 Å². The van der Waals surface area contributed by atoms with E-state index >= 15 is 0 Å². The van der Waals surface area contributed by atoms with Crippen molar-refractivity contribution in [1.29, 1.82) is 0 Å². The topological polar surface area (TPSA) is 64.3 Å². The number of nitrogens with one attached hydrogen (secondary N) is 1. The molecule has 0 aliphatic carbocycles. The number of nitrogen functional groups attached to an aromatic ring is 1. The molecule has 0 radical (unpaired) electrons. The van der Waals surface area contributed by atoms with Crippen LogP contribution in [0.4, 0.5) is 16.2 Å². The molecule has 4 heteroatoms. The van der Waals surface area contributed by atoms with E-state index in [9.17, 15) is 4.79 Å². The normalized spacial score (nSPS) is 10.2. The van der Waals surface area contributed by atoms with Crippen LogP contribution in [0.1, 0.15) is 19.4 Å². The number of hydrogen-bond donors (Lipinski definition) is 2. The Morgan fingerprint density at radius 2 is 2.19 bits per heavy atom. The summed E-state index contributed by atoms with van der Waals surface area (Å²) in [7, 11) is 0. The standard InChI is InChI=1S/C12H18N2O2/c1-8(2)7-16-12(15)14-11-5-4-9(3)6-10(11)13/h4-6,8H,7,13H2,1-3H3,(H,14,15). The highest BCUT2D eigenvalue weighted by Crippen LogP contribution is 2.19. The molecular formula is C12H18N2O2. The van der Waals surface area contributed by atoms with Crippen LogP contribution in [-0.4, -0.2) is 12.7 Å². The summed E-state index contributed by atoms with van der Waals surface area (Å²) in [5.41, 5.74) is 7.94. The molecule has 16 heavy (non-hydrogen) atoms.